The zero-order valence-electron chi connectivity index (χ0n) is 15.6. The van der Waals surface area contributed by atoms with Crippen LogP contribution in [0.4, 0.5) is 0 Å². The van der Waals surface area contributed by atoms with Gasteiger partial charge in [-0.3, -0.25) is 9.74 Å². The van der Waals surface area contributed by atoms with Crippen molar-refractivity contribution >= 4 is 0 Å². The highest BCUT2D eigenvalue weighted by Crippen LogP contribution is 2.29. The average Bonchev–Trinajstić information content (AvgIpc) is 3.03. The number of nitrogens with zero attached hydrogens (tertiary/aromatic N) is 2. The third-order valence-electron chi connectivity index (χ3n) is 4.63. The average molecular weight is 366 g/mol. The number of ether oxygens (including phenoxy) is 3. The molecule has 0 saturated carbocycles. The third kappa shape index (κ3) is 5.82. The molecule has 0 bridgehead atoms. The normalized spacial score (nSPS) is 20.7. The maximum absolute atomic E-state index is 10.3. The molecule has 0 spiro atoms. The maximum Gasteiger partial charge on any atom is 0.161 e. The predicted molar refractivity (Wildman–Crippen MR) is 97.4 cm³/mol. The maximum atomic E-state index is 10.3. The minimum Gasteiger partial charge on any atom is -0.493 e. The van der Waals surface area contributed by atoms with Gasteiger partial charge < -0.3 is 19.3 Å². The second-order valence-corrected chi connectivity index (χ2v) is 6.77. The van der Waals surface area contributed by atoms with Crippen molar-refractivity contribution in [2.24, 2.45) is 0 Å². The molecule has 1 atom stereocenters. The van der Waals surface area contributed by atoms with Gasteiger partial charge in [0.05, 0.1) is 20.3 Å². The molecule has 26 heavy (non-hydrogen) atoms. The van der Waals surface area contributed by atoms with Crippen LogP contribution < -0.4 is 9.47 Å². The smallest absolute Gasteiger partial charge is 0.161 e. The fourth-order valence-electron chi connectivity index (χ4n) is 3.27. The van der Waals surface area contributed by atoms with E-state index in [0.29, 0.717) is 18.0 Å². The Balaban J connectivity index is 1.49. The topological polar surface area (TPSA) is 63.6 Å². The van der Waals surface area contributed by atoms with Crippen LogP contribution in [0.3, 0.4) is 0 Å². The first-order chi connectivity index (χ1) is 12.7. The molecule has 1 N–H and O–H groups in total. The molecule has 0 amide bonds. The number of benzene rings is 1. The number of β-amino-alcohol motifs (C(OH)–C–C–N with tert-alkyl or cyclic N) is 1. The molecule has 1 aromatic carbocycles. The van der Waals surface area contributed by atoms with Crippen LogP contribution in [0.1, 0.15) is 18.4 Å². The van der Waals surface area contributed by atoms with Crippen molar-refractivity contribution in [1.29, 1.82) is 0 Å². The number of rotatable bonds is 8. The van der Waals surface area contributed by atoms with Crippen molar-refractivity contribution in [1.82, 2.24) is 9.96 Å². The van der Waals surface area contributed by atoms with Gasteiger partial charge in [0.15, 0.2) is 11.5 Å². The Morgan fingerprint density at radius 1 is 1.12 bits per heavy atom. The molecule has 1 unspecified atom stereocenters. The van der Waals surface area contributed by atoms with E-state index in [4.69, 9.17) is 19.0 Å². The lowest BCUT2D eigenvalue weighted by molar-refractivity contribution is -0.117. The van der Waals surface area contributed by atoms with Gasteiger partial charge >= 0.3 is 0 Å². The Morgan fingerprint density at radius 3 is 2.81 bits per heavy atom. The van der Waals surface area contributed by atoms with Crippen LogP contribution in [-0.4, -0.2) is 80.9 Å². The van der Waals surface area contributed by atoms with Crippen LogP contribution >= 0.6 is 0 Å². The Labute approximate surface area is 155 Å². The summed E-state index contributed by atoms with van der Waals surface area (Å²) in [6.45, 7) is 6.64. The fourth-order valence-corrected chi connectivity index (χ4v) is 3.27. The molecule has 0 aromatic heterocycles. The minimum atomic E-state index is -0.546. The predicted octanol–water partition coefficient (Wildman–Crippen LogP) is 1.29. The SMILES string of the molecule is COc1cc(CN2CCCO2)ccc1OCC(O)CN1CCCOCC1. The van der Waals surface area contributed by atoms with Crippen LogP contribution in [0.15, 0.2) is 18.2 Å². The Morgan fingerprint density at radius 2 is 2.00 bits per heavy atom. The van der Waals surface area contributed by atoms with E-state index in [9.17, 15) is 5.11 Å². The van der Waals surface area contributed by atoms with E-state index >= 15 is 0 Å². The third-order valence-corrected chi connectivity index (χ3v) is 4.63. The molecular weight excluding hydrogens is 336 g/mol. The first-order valence-electron chi connectivity index (χ1n) is 9.40. The van der Waals surface area contributed by atoms with Gasteiger partial charge in [0.1, 0.15) is 12.7 Å². The van der Waals surface area contributed by atoms with Gasteiger partial charge in [-0.05, 0) is 30.5 Å². The molecule has 2 aliphatic rings. The number of aliphatic hydroxyl groups excluding tert-OH is 1. The molecular formula is C19H30N2O5. The first-order valence-corrected chi connectivity index (χ1v) is 9.40. The monoisotopic (exact) mass is 366 g/mol. The summed E-state index contributed by atoms with van der Waals surface area (Å²) in [6, 6.07) is 5.88. The number of hydrogen-bond donors (Lipinski definition) is 1. The summed E-state index contributed by atoms with van der Waals surface area (Å²) >= 11 is 0. The van der Waals surface area contributed by atoms with Crippen molar-refractivity contribution in [2.45, 2.75) is 25.5 Å². The van der Waals surface area contributed by atoms with Crippen molar-refractivity contribution in [3.05, 3.63) is 23.8 Å². The zero-order valence-corrected chi connectivity index (χ0v) is 15.6. The molecule has 2 aliphatic heterocycles. The number of aliphatic hydroxyl groups is 1. The van der Waals surface area contributed by atoms with Crippen LogP contribution in [-0.2, 0) is 16.1 Å². The van der Waals surface area contributed by atoms with Crippen molar-refractivity contribution < 1.29 is 24.2 Å². The molecule has 2 saturated heterocycles. The second-order valence-electron chi connectivity index (χ2n) is 6.77. The molecule has 2 fully saturated rings. The molecule has 7 heteroatoms. The van der Waals surface area contributed by atoms with Crippen molar-refractivity contribution in [3.8, 4) is 11.5 Å². The van der Waals surface area contributed by atoms with Gasteiger partial charge in [-0.15, -0.1) is 0 Å². The fraction of sp³-hybridized carbons (Fsp3) is 0.684. The molecule has 3 rings (SSSR count). The van der Waals surface area contributed by atoms with E-state index in [2.05, 4.69) is 4.90 Å². The summed E-state index contributed by atoms with van der Waals surface area (Å²) < 4.78 is 16.7. The molecule has 146 valence electrons. The molecule has 2 heterocycles. The van der Waals surface area contributed by atoms with Gasteiger partial charge in [-0.2, -0.15) is 5.06 Å². The summed E-state index contributed by atoms with van der Waals surface area (Å²) in [5.74, 6) is 1.33. The van der Waals surface area contributed by atoms with Gasteiger partial charge in [0.2, 0.25) is 0 Å². The van der Waals surface area contributed by atoms with E-state index in [1.807, 2.05) is 23.3 Å². The van der Waals surface area contributed by atoms with E-state index < -0.39 is 6.10 Å². The summed E-state index contributed by atoms with van der Waals surface area (Å²) in [5, 5.41) is 12.3. The number of methoxy groups -OCH3 is 1. The number of hydrogen-bond acceptors (Lipinski definition) is 7. The zero-order chi connectivity index (χ0) is 18.2. The van der Waals surface area contributed by atoms with E-state index in [-0.39, 0.29) is 6.61 Å². The summed E-state index contributed by atoms with van der Waals surface area (Å²) in [7, 11) is 1.63. The summed E-state index contributed by atoms with van der Waals surface area (Å²) in [4.78, 5) is 7.75. The molecule has 1 aromatic rings. The number of hydroxylamine groups is 2. The van der Waals surface area contributed by atoms with Crippen LogP contribution in [0.2, 0.25) is 0 Å². The van der Waals surface area contributed by atoms with Gasteiger partial charge in [0, 0.05) is 39.3 Å². The standard InChI is InChI=1S/C19H30N2O5/c1-23-19-12-16(13-21-7-3-10-26-21)4-5-18(19)25-15-17(22)14-20-6-2-9-24-11-8-20/h4-5,12,17,22H,2-3,6-11,13-15H2,1H3. The lowest BCUT2D eigenvalue weighted by atomic mass is 10.2. The van der Waals surface area contributed by atoms with Crippen LogP contribution in [0, 0.1) is 0 Å². The van der Waals surface area contributed by atoms with E-state index in [0.717, 1.165) is 64.4 Å². The largest absolute Gasteiger partial charge is 0.493 e. The Bertz CT molecular complexity index is 543. The molecule has 0 radical (unpaired) electrons. The van der Waals surface area contributed by atoms with Gasteiger partial charge in [-0.1, -0.05) is 6.07 Å². The lowest BCUT2D eigenvalue weighted by Gasteiger charge is -2.23. The highest BCUT2D eigenvalue weighted by Gasteiger charge is 2.17. The van der Waals surface area contributed by atoms with Crippen molar-refractivity contribution in [2.75, 3.05) is 59.7 Å². The highest BCUT2D eigenvalue weighted by atomic mass is 16.7. The first kappa shape index (κ1) is 19.4. The molecule has 7 nitrogen and oxygen atoms in total. The summed E-state index contributed by atoms with van der Waals surface area (Å²) in [6.07, 6.45) is 1.53. The van der Waals surface area contributed by atoms with Gasteiger partial charge in [0.25, 0.3) is 0 Å². The second kappa shape index (κ2) is 10.1. The van der Waals surface area contributed by atoms with E-state index in [1.165, 1.54) is 0 Å². The lowest BCUT2D eigenvalue weighted by Crippen LogP contribution is -2.37. The molecule has 0 aliphatic carbocycles. The highest BCUT2D eigenvalue weighted by molar-refractivity contribution is 5.43. The van der Waals surface area contributed by atoms with Crippen molar-refractivity contribution in [3.63, 3.8) is 0 Å². The quantitative estimate of drug-likeness (QED) is 0.744. The Kier molecular flexibility index (Phi) is 7.52. The van der Waals surface area contributed by atoms with Crippen LogP contribution in [0.25, 0.3) is 0 Å². The minimum absolute atomic E-state index is 0.238. The van der Waals surface area contributed by atoms with E-state index in [1.54, 1.807) is 7.11 Å². The van der Waals surface area contributed by atoms with Gasteiger partial charge in [-0.25, -0.2) is 0 Å². The summed E-state index contributed by atoms with van der Waals surface area (Å²) in [5.41, 5.74) is 1.11. The van der Waals surface area contributed by atoms with Crippen LogP contribution in [0.5, 0.6) is 11.5 Å². The Hall–Kier alpha value is -1.38.